The van der Waals surface area contributed by atoms with Gasteiger partial charge in [0.25, 0.3) is 5.91 Å². The zero-order valence-electron chi connectivity index (χ0n) is 12.0. The number of hydrogen-bond donors (Lipinski definition) is 0. The number of nitrogens with zero attached hydrogens (tertiary/aromatic N) is 3. The van der Waals surface area contributed by atoms with Crippen LogP contribution in [0, 0.1) is 11.3 Å². The number of nitriles is 1. The van der Waals surface area contributed by atoms with Crippen LogP contribution >= 0.6 is 22.9 Å². The third-order valence-corrected chi connectivity index (χ3v) is 4.08. The maximum atomic E-state index is 12.6. The first-order valence-corrected chi connectivity index (χ1v) is 7.93. The summed E-state index contributed by atoms with van der Waals surface area (Å²) < 4.78 is 5.39. The molecular formula is C15H14ClN3O2S. The first kappa shape index (κ1) is 16.3. The summed E-state index contributed by atoms with van der Waals surface area (Å²) in [7, 11) is 0. The number of carbonyl (C=O) groups excluding carboxylic acids is 1. The third kappa shape index (κ3) is 3.75. The van der Waals surface area contributed by atoms with Crippen molar-refractivity contribution in [3.8, 4) is 11.8 Å². The van der Waals surface area contributed by atoms with Gasteiger partial charge < -0.3 is 9.64 Å². The van der Waals surface area contributed by atoms with E-state index in [9.17, 15) is 4.79 Å². The summed E-state index contributed by atoms with van der Waals surface area (Å²) in [6.07, 6.45) is 0.232. The highest BCUT2D eigenvalue weighted by molar-refractivity contribution is 7.12. The topological polar surface area (TPSA) is 66.2 Å². The number of hydrogen-bond acceptors (Lipinski definition) is 5. The van der Waals surface area contributed by atoms with Gasteiger partial charge in [0, 0.05) is 12.2 Å². The summed E-state index contributed by atoms with van der Waals surface area (Å²) in [5.74, 6) is 0.474. The van der Waals surface area contributed by atoms with Crippen molar-refractivity contribution in [2.75, 3.05) is 18.1 Å². The minimum absolute atomic E-state index is 0.183. The van der Waals surface area contributed by atoms with Crippen LogP contribution in [0.4, 0.5) is 5.69 Å². The average molecular weight is 336 g/mol. The molecule has 7 heteroatoms. The minimum atomic E-state index is -0.257. The lowest BCUT2D eigenvalue weighted by Gasteiger charge is -2.21. The molecule has 1 heterocycles. The van der Waals surface area contributed by atoms with E-state index < -0.39 is 0 Å². The second-order valence-corrected chi connectivity index (χ2v) is 5.48. The Kier molecular flexibility index (Phi) is 5.75. The van der Waals surface area contributed by atoms with Crippen molar-refractivity contribution in [1.82, 2.24) is 4.98 Å². The lowest BCUT2D eigenvalue weighted by Crippen LogP contribution is -2.31. The fraction of sp³-hybridized carbons (Fsp3) is 0.267. The Balaban J connectivity index is 2.27. The molecule has 114 valence electrons. The summed E-state index contributed by atoms with van der Waals surface area (Å²) in [4.78, 5) is 18.4. The monoisotopic (exact) mass is 335 g/mol. The summed E-state index contributed by atoms with van der Waals surface area (Å²) in [5.41, 5.74) is 2.21. The van der Waals surface area contributed by atoms with E-state index in [0.29, 0.717) is 17.2 Å². The van der Waals surface area contributed by atoms with Crippen LogP contribution in [-0.4, -0.2) is 24.0 Å². The summed E-state index contributed by atoms with van der Waals surface area (Å²) in [5, 5.41) is 8.98. The number of aromatic nitrogens is 1. The molecule has 22 heavy (non-hydrogen) atoms. The zero-order chi connectivity index (χ0) is 15.9. The predicted octanol–water partition coefficient (Wildman–Crippen LogP) is 3.76. The molecule has 1 aromatic carbocycles. The highest BCUT2D eigenvalue weighted by Gasteiger charge is 2.22. The van der Waals surface area contributed by atoms with Crippen molar-refractivity contribution in [3.63, 3.8) is 0 Å². The highest BCUT2D eigenvalue weighted by atomic mass is 35.5. The predicted molar refractivity (Wildman–Crippen MR) is 86.6 cm³/mol. The average Bonchev–Trinajstić information content (AvgIpc) is 2.95. The molecule has 0 saturated carbocycles. The largest absolute Gasteiger partial charge is 0.494 e. The van der Waals surface area contributed by atoms with E-state index in [2.05, 4.69) is 11.1 Å². The van der Waals surface area contributed by atoms with Crippen LogP contribution < -0.4 is 9.64 Å². The molecule has 0 unspecified atom stereocenters. The van der Waals surface area contributed by atoms with E-state index >= 15 is 0 Å². The number of ether oxygens (including phenoxy) is 1. The highest BCUT2D eigenvalue weighted by Crippen LogP contribution is 2.26. The molecule has 0 radical (unpaired) electrons. The van der Waals surface area contributed by atoms with Crippen molar-refractivity contribution in [2.45, 2.75) is 13.3 Å². The molecular weight excluding hydrogens is 322 g/mol. The molecule has 0 aliphatic rings. The van der Waals surface area contributed by atoms with E-state index in [1.807, 2.05) is 6.92 Å². The van der Waals surface area contributed by atoms with Crippen molar-refractivity contribution in [1.29, 1.82) is 5.26 Å². The molecule has 0 N–H and O–H groups in total. The number of halogens is 1. The van der Waals surface area contributed by atoms with Gasteiger partial charge in [-0.2, -0.15) is 5.26 Å². The Hall–Kier alpha value is -2.10. The molecule has 0 bridgehead atoms. The normalized spacial score (nSPS) is 10.0. The fourth-order valence-corrected chi connectivity index (χ4v) is 2.84. The lowest BCUT2D eigenvalue weighted by molar-refractivity contribution is 0.0991. The van der Waals surface area contributed by atoms with Gasteiger partial charge in [-0.05, 0) is 31.2 Å². The van der Waals surface area contributed by atoms with Gasteiger partial charge in [-0.25, -0.2) is 4.98 Å². The van der Waals surface area contributed by atoms with Crippen LogP contribution in [0.3, 0.4) is 0 Å². The van der Waals surface area contributed by atoms with Gasteiger partial charge in [-0.3, -0.25) is 4.79 Å². The first-order valence-electron chi connectivity index (χ1n) is 6.68. The summed E-state index contributed by atoms with van der Waals surface area (Å²) in [6.45, 7) is 2.77. The quantitative estimate of drug-likeness (QED) is 0.806. The molecule has 2 aromatic rings. The van der Waals surface area contributed by atoms with E-state index in [0.717, 1.165) is 5.75 Å². The van der Waals surface area contributed by atoms with Gasteiger partial charge in [0.15, 0.2) is 5.15 Å². The molecule has 0 spiro atoms. The number of carbonyl (C=O) groups is 1. The Morgan fingerprint density at radius 2 is 2.18 bits per heavy atom. The SMILES string of the molecule is CCOc1ccc(N(CCC#N)C(=O)c2scnc2Cl)cc1. The molecule has 0 atom stereocenters. The van der Waals surface area contributed by atoms with Gasteiger partial charge in [0.2, 0.25) is 0 Å². The Morgan fingerprint density at radius 1 is 1.45 bits per heavy atom. The third-order valence-electron chi connectivity index (χ3n) is 2.87. The fourth-order valence-electron chi connectivity index (χ4n) is 1.89. The Labute approximate surface area is 137 Å². The summed E-state index contributed by atoms with van der Waals surface area (Å²) >= 11 is 7.12. The number of benzene rings is 1. The van der Waals surface area contributed by atoms with Crippen molar-refractivity contribution in [2.24, 2.45) is 0 Å². The maximum Gasteiger partial charge on any atom is 0.271 e. The molecule has 0 saturated heterocycles. The second-order valence-electron chi connectivity index (χ2n) is 4.26. The van der Waals surface area contributed by atoms with Gasteiger partial charge in [-0.15, -0.1) is 11.3 Å². The Morgan fingerprint density at radius 3 is 2.73 bits per heavy atom. The number of rotatable bonds is 6. The van der Waals surface area contributed by atoms with Gasteiger partial charge in [-0.1, -0.05) is 11.6 Å². The van der Waals surface area contributed by atoms with Crippen molar-refractivity contribution >= 4 is 34.5 Å². The Bertz CT molecular complexity index is 679. The van der Waals surface area contributed by atoms with Crippen molar-refractivity contribution < 1.29 is 9.53 Å². The molecule has 0 aliphatic heterocycles. The summed E-state index contributed by atoms with van der Waals surface area (Å²) in [6, 6.07) is 9.21. The molecule has 0 aliphatic carbocycles. The molecule has 1 aromatic heterocycles. The molecule has 2 rings (SSSR count). The second kappa shape index (κ2) is 7.78. The first-order chi connectivity index (χ1) is 10.7. The van der Waals surface area contributed by atoms with E-state index in [4.69, 9.17) is 21.6 Å². The van der Waals surface area contributed by atoms with Crippen LogP contribution in [0.2, 0.25) is 5.15 Å². The minimum Gasteiger partial charge on any atom is -0.494 e. The van der Waals surface area contributed by atoms with Crippen LogP contribution in [0.5, 0.6) is 5.75 Å². The van der Waals surface area contributed by atoms with Gasteiger partial charge >= 0.3 is 0 Å². The smallest absolute Gasteiger partial charge is 0.271 e. The molecule has 1 amide bonds. The van der Waals surface area contributed by atoms with Gasteiger partial charge in [0.1, 0.15) is 10.6 Å². The maximum absolute atomic E-state index is 12.6. The van der Waals surface area contributed by atoms with Crippen LogP contribution in [0.1, 0.15) is 23.0 Å². The molecule has 5 nitrogen and oxygen atoms in total. The number of thiazole rings is 1. The van der Waals surface area contributed by atoms with Crippen LogP contribution in [-0.2, 0) is 0 Å². The molecule has 0 fully saturated rings. The van der Waals surface area contributed by atoms with E-state index in [1.165, 1.54) is 21.7 Å². The van der Waals surface area contributed by atoms with Crippen LogP contribution in [0.15, 0.2) is 29.8 Å². The van der Waals surface area contributed by atoms with E-state index in [1.54, 1.807) is 24.3 Å². The standard InChI is InChI=1S/C15H14ClN3O2S/c1-2-21-12-6-4-11(5-7-12)19(9-3-8-17)15(20)13-14(16)18-10-22-13/h4-7,10H,2-3,9H2,1H3. The number of anilines is 1. The van der Waals surface area contributed by atoms with Crippen molar-refractivity contribution in [3.05, 3.63) is 39.8 Å². The van der Waals surface area contributed by atoms with E-state index in [-0.39, 0.29) is 24.0 Å². The lowest BCUT2D eigenvalue weighted by atomic mass is 10.2. The number of amides is 1. The zero-order valence-corrected chi connectivity index (χ0v) is 13.5. The van der Waals surface area contributed by atoms with Gasteiger partial charge in [0.05, 0.1) is 24.6 Å². The van der Waals surface area contributed by atoms with Crippen LogP contribution in [0.25, 0.3) is 0 Å².